The predicted molar refractivity (Wildman–Crippen MR) is 87.5 cm³/mol. The number of hydrogen-bond acceptors (Lipinski definition) is 2. The van der Waals surface area contributed by atoms with Crippen LogP contribution in [0.2, 0.25) is 0 Å². The number of amides is 2. The summed E-state index contributed by atoms with van der Waals surface area (Å²) in [5.41, 5.74) is 2.29. The van der Waals surface area contributed by atoms with Crippen molar-refractivity contribution < 1.29 is 4.79 Å². The predicted octanol–water partition coefficient (Wildman–Crippen LogP) is 2.76. The van der Waals surface area contributed by atoms with Gasteiger partial charge in [0.05, 0.1) is 12.7 Å². The summed E-state index contributed by atoms with van der Waals surface area (Å²) in [6.07, 6.45) is 4.70. The van der Waals surface area contributed by atoms with Crippen molar-refractivity contribution in [2.24, 2.45) is 7.05 Å². The number of hydrogen-bond donors (Lipinski definition) is 1. The van der Waals surface area contributed by atoms with Crippen molar-refractivity contribution in [3.8, 4) is 0 Å². The van der Waals surface area contributed by atoms with E-state index in [1.807, 2.05) is 31.4 Å². The molecule has 5 nitrogen and oxygen atoms in total. The number of rotatable bonds is 6. The first-order valence-corrected chi connectivity index (χ1v) is 7.61. The Labute approximate surface area is 131 Å². The van der Waals surface area contributed by atoms with Crippen molar-refractivity contribution in [3.63, 3.8) is 0 Å². The lowest BCUT2D eigenvalue weighted by atomic mass is 9.97. The lowest BCUT2D eigenvalue weighted by Crippen LogP contribution is -2.38. The first-order chi connectivity index (χ1) is 10.6. The fourth-order valence-electron chi connectivity index (χ4n) is 2.47. The molecule has 1 heterocycles. The van der Waals surface area contributed by atoms with Gasteiger partial charge in [-0.2, -0.15) is 5.10 Å². The number of urea groups is 1. The molecule has 2 aromatic rings. The molecule has 118 valence electrons. The van der Waals surface area contributed by atoms with E-state index in [0.29, 0.717) is 19.0 Å². The van der Waals surface area contributed by atoms with Crippen LogP contribution in [0.4, 0.5) is 4.79 Å². The number of carbonyl (C=O) groups excluding carboxylic acids is 1. The number of aryl methyl sites for hydroxylation is 1. The summed E-state index contributed by atoms with van der Waals surface area (Å²) in [7, 11) is 3.67. The van der Waals surface area contributed by atoms with E-state index >= 15 is 0 Å². The summed E-state index contributed by atoms with van der Waals surface area (Å²) in [4.78, 5) is 13.9. The Morgan fingerprint density at radius 1 is 1.36 bits per heavy atom. The Hall–Kier alpha value is -2.30. The van der Waals surface area contributed by atoms with E-state index in [9.17, 15) is 4.79 Å². The maximum Gasteiger partial charge on any atom is 0.317 e. The van der Waals surface area contributed by atoms with Gasteiger partial charge in [-0.25, -0.2) is 4.79 Å². The maximum atomic E-state index is 12.2. The van der Waals surface area contributed by atoms with Crippen LogP contribution in [0.5, 0.6) is 0 Å². The summed E-state index contributed by atoms with van der Waals surface area (Å²) in [6, 6.07) is 10.2. The van der Waals surface area contributed by atoms with Gasteiger partial charge in [-0.05, 0) is 12.0 Å². The Kier molecular flexibility index (Phi) is 5.58. The summed E-state index contributed by atoms with van der Waals surface area (Å²) in [6.45, 7) is 3.35. The molecule has 0 saturated heterocycles. The van der Waals surface area contributed by atoms with E-state index in [0.717, 1.165) is 12.0 Å². The first-order valence-electron chi connectivity index (χ1n) is 7.61. The highest BCUT2D eigenvalue weighted by atomic mass is 16.2. The number of aromatic nitrogens is 2. The second-order valence-corrected chi connectivity index (χ2v) is 5.58. The molecule has 0 aliphatic carbocycles. The van der Waals surface area contributed by atoms with Gasteiger partial charge in [0.2, 0.25) is 0 Å². The van der Waals surface area contributed by atoms with Crippen molar-refractivity contribution in [2.45, 2.75) is 25.8 Å². The van der Waals surface area contributed by atoms with Crippen molar-refractivity contribution in [1.82, 2.24) is 20.0 Å². The Balaban J connectivity index is 1.85. The zero-order chi connectivity index (χ0) is 15.9. The van der Waals surface area contributed by atoms with Gasteiger partial charge in [0.1, 0.15) is 0 Å². The summed E-state index contributed by atoms with van der Waals surface area (Å²) in [5.74, 6) is 0.344. The van der Waals surface area contributed by atoms with Gasteiger partial charge < -0.3 is 10.2 Å². The van der Waals surface area contributed by atoms with Crippen molar-refractivity contribution in [3.05, 3.63) is 53.9 Å². The van der Waals surface area contributed by atoms with E-state index in [-0.39, 0.29) is 6.03 Å². The fourth-order valence-corrected chi connectivity index (χ4v) is 2.47. The molecule has 22 heavy (non-hydrogen) atoms. The van der Waals surface area contributed by atoms with Crippen LogP contribution in [0, 0.1) is 0 Å². The summed E-state index contributed by atoms with van der Waals surface area (Å²) >= 11 is 0. The number of nitrogens with zero attached hydrogens (tertiary/aromatic N) is 3. The second kappa shape index (κ2) is 7.64. The minimum absolute atomic E-state index is 0.0572. The van der Waals surface area contributed by atoms with Crippen molar-refractivity contribution >= 4 is 6.03 Å². The van der Waals surface area contributed by atoms with E-state index in [2.05, 4.69) is 29.5 Å². The highest BCUT2D eigenvalue weighted by Crippen LogP contribution is 2.18. The van der Waals surface area contributed by atoms with E-state index in [1.165, 1.54) is 5.56 Å². The monoisotopic (exact) mass is 300 g/mol. The molecule has 1 unspecified atom stereocenters. The van der Waals surface area contributed by atoms with Crippen LogP contribution in [0.1, 0.15) is 30.4 Å². The number of nitrogens with one attached hydrogen (secondary N) is 1. The van der Waals surface area contributed by atoms with Gasteiger partial charge in [0.25, 0.3) is 0 Å². The molecule has 2 rings (SSSR count). The second-order valence-electron chi connectivity index (χ2n) is 5.58. The SMILES string of the molecule is CCC(CNC(=O)N(C)Cc1cnn(C)c1)c1ccccc1. The third-order valence-corrected chi connectivity index (χ3v) is 3.79. The molecule has 5 heteroatoms. The average Bonchev–Trinajstić information content (AvgIpc) is 2.93. The lowest BCUT2D eigenvalue weighted by molar-refractivity contribution is 0.206. The van der Waals surface area contributed by atoms with Crippen LogP contribution in [-0.4, -0.2) is 34.3 Å². The molecule has 1 aromatic heterocycles. The quantitative estimate of drug-likeness (QED) is 0.892. The van der Waals surface area contributed by atoms with E-state index in [4.69, 9.17) is 0 Å². The molecule has 0 spiro atoms. The molecule has 0 aliphatic heterocycles. The van der Waals surface area contributed by atoms with Crippen LogP contribution in [0.15, 0.2) is 42.7 Å². The topological polar surface area (TPSA) is 50.2 Å². The first kappa shape index (κ1) is 16.1. The molecule has 2 amide bonds. The van der Waals surface area contributed by atoms with Gasteiger partial charge in [0, 0.05) is 38.3 Å². The molecule has 0 bridgehead atoms. The Bertz CT molecular complexity index is 594. The molecule has 0 radical (unpaired) electrons. The molecular weight excluding hydrogens is 276 g/mol. The van der Waals surface area contributed by atoms with Crippen LogP contribution in [0.25, 0.3) is 0 Å². The molecule has 1 N–H and O–H groups in total. The van der Waals surface area contributed by atoms with Crippen LogP contribution in [-0.2, 0) is 13.6 Å². The number of benzene rings is 1. The maximum absolute atomic E-state index is 12.2. The van der Waals surface area contributed by atoms with Crippen LogP contribution < -0.4 is 5.32 Å². The molecule has 0 aliphatic rings. The van der Waals surface area contributed by atoms with Crippen LogP contribution >= 0.6 is 0 Å². The van der Waals surface area contributed by atoms with Gasteiger partial charge in [-0.1, -0.05) is 37.3 Å². The zero-order valence-corrected chi connectivity index (χ0v) is 13.5. The van der Waals surface area contributed by atoms with Gasteiger partial charge in [0.15, 0.2) is 0 Å². The van der Waals surface area contributed by atoms with Gasteiger partial charge >= 0.3 is 6.03 Å². The van der Waals surface area contributed by atoms with Crippen molar-refractivity contribution in [2.75, 3.05) is 13.6 Å². The highest BCUT2D eigenvalue weighted by molar-refractivity contribution is 5.73. The minimum atomic E-state index is -0.0572. The standard InChI is InChI=1S/C17H24N4O/c1-4-15(16-8-6-5-7-9-16)11-18-17(22)20(2)12-14-10-19-21(3)13-14/h5-10,13,15H,4,11-12H2,1-3H3,(H,18,22). The third kappa shape index (κ3) is 4.35. The lowest BCUT2D eigenvalue weighted by Gasteiger charge is -2.20. The summed E-state index contributed by atoms with van der Waals surface area (Å²) in [5, 5.41) is 7.13. The Morgan fingerprint density at radius 3 is 2.68 bits per heavy atom. The minimum Gasteiger partial charge on any atom is -0.337 e. The summed E-state index contributed by atoms with van der Waals surface area (Å²) < 4.78 is 1.74. The smallest absolute Gasteiger partial charge is 0.317 e. The zero-order valence-electron chi connectivity index (χ0n) is 13.5. The molecule has 1 aromatic carbocycles. The Morgan fingerprint density at radius 2 is 2.09 bits per heavy atom. The van der Waals surface area contributed by atoms with Gasteiger partial charge in [-0.3, -0.25) is 4.68 Å². The highest BCUT2D eigenvalue weighted by Gasteiger charge is 2.13. The fraction of sp³-hybridized carbons (Fsp3) is 0.412. The molecular formula is C17H24N4O. The van der Waals surface area contributed by atoms with Crippen LogP contribution in [0.3, 0.4) is 0 Å². The number of carbonyl (C=O) groups is 1. The van der Waals surface area contributed by atoms with E-state index in [1.54, 1.807) is 22.8 Å². The van der Waals surface area contributed by atoms with Gasteiger partial charge in [-0.15, -0.1) is 0 Å². The molecule has 0 saturated carbocycles. The van der Waals surface area contributed by atoms with E-state index < -0.39 is 0 Å². The average molecular weight is 300 g/mol. The normalized spacial score (nSPS) is 12.0. The third-order valence-electron chi connectivity index (χ3n) is 3.79. The molecule has 1 atom stereocenters. The van der Waals surface area contributed by atoms with Crippen molar-refractivity contribution in [1.29, 1.82) is 0 Å². The molecule has 0 fully saturated rings. The largest absolute Gasteiger partial charge is 0.337 e.